The fraction of sp³-hybridized carbons (Fsp3) is 0.562. The van der Waals surface area contributed by atoms with Crippen LogP contribution in [0.4, 0.5) is 0 Å². The number of ether oxygens (including phenoxy) is 1. The van der Waals surface area contributed by atoms with E-state index in [0.29, 0.717) is 0 Å². The lowest BCUT2D eigenvalue weighted by Gasteiger charge is -2.29. The Morgan fingerprint density at radius 2 is 2.00 bits per heavy atom. The molecule has 21 heavy (non-hydrogen) atoms. The zero-order valence-corrected chi connectivity index (χ0v) is 12.5. The first-order chi connectivity index (χ1) is 10.1. The highest BCUT2D eigenvalue weighted by molar-refractivity contribution is 5.76. The molecule has 2 atom stereocenters. The van der Waals surface area contributed by atoms with Gasteiger partial charge in [-0.1, -0.05) is 30.3 Å². The summed E-state index contributed by atoms with van der Waals surface area (Å²) in [5.41, 5.74) is 0.772. The molecule has 5 heteroatoms. The standard InChI is InChI=1S/C16H24N2O3/c1-13(12-18-7-9-21-10-8-18)17-16(20)11-15(19)14-5-3-2-4-6-14/h2-6,13,15,19H,7-12H2,1H3,(H,17,20). The van der Waals surface area contributed by atoms with Gasteiger partial charge in [-0.05, 0) is 12.5 Å². The summed E-state index contributed by atoms with van der Waals surface area (Å²) >= 11 is 0. The van der Waals surface area contributed by atoms with Gasteiger partial charge in [-0.3, -0.25) is 9.69 Å². The molecule has 1 saturated heterocycles. The van der Waals surface area contributed by atoms with Crippen molar-refractivity contribution in [1.82, 2.24) is 10.2 Å². The molecule has 1 fully saturated rings. The molecule has 0 aromatic heterocycles. The first kappa shape index (κ1) is 15.9. The minimum Gasteiger partial charge on any atom is -0.388 e. The van der Waals surface area contributed by atoms with Gasteiger partial charge in [-0.15, -0.1) is 0 Å². The van der Waals surface area contributed by atoms with Gasteiger partial charge in [0.25, 0.3) is 0 Å². The number of aliphatic hydroxyl groups excluding tert-OH is 1. The molecule has 2 rings (SSSR count). The number of aliphatic hydroxyl groups is 1. The van der Waals surface area contributed by atoms with E-state index in [1.807, 2.05) is 37.3 Å². The number of morpholine rings is 1. The summed E-state index contributed by atoms with van der Waals surface area (Å²) in [4.78, 5) is 14.2. The number of hydrogen-bond donors (Lipinski definition) is 2. The highest BCUT2D eigenvalue weighted by Crippen LogP contribution is 2.15. The number of carbonyl (C=O) groups is 1. The highest BCUT2D eigenvalue weighted by Gasteiger charge is 2.17. The van der Waals surface area contributed by atoms with Crippen LogP contribution in [0.2, 0.25) is 0 Å². The molecule has 0 saturated carbocycles. The van der Waals surface area contributed by atoms with E-state index in [1.54, 1.807) is 0 Å². The van der Waals surface area contributed by atoms with Crippen LogP contribution in [0.1, 0.15) is 25.0 Å². The number of nitrogens with zero attached hydrogens (tertiary/aromatic N) is 1. The summed E-state index contributed by atoms with van der Waals surface area (Å²) in [6, 6.07) is 9.33. The van der Waals surface area contributed by atoms with E-state index >= 15 is 0 Å². The molecule has 1 aliphatic heterocycles. The fourth-order valence-electron chi connectivity index (χ4n) is 2.52. The molecule has 116 valence electrons. The van der Waals surface area contributed by atoms with Crippen molar-refractivity contribution in [3.8, 4) is 0 Å². The van der Waals surface area contributed by atoms with Gasteiger partial charge in [0.05, 0.1) is 25.7 Å². The quantitative estimate of drug-likeness (QED) is 0.819. The Balaban J connectivity index is 1.73. The summed E-state index contributed by atoms with van der Waals surface area (Å²) in [5.74, 6) is -0.118. The molecular formula is C16H24N2O3. The number of hydrogen-bond acceptors (Lipinski definition) is 4. The normalized spacial score (nSPS) is 19.0. The maximum atomic E-state index is 12.0. The molecule has 1 aromatic carbocycles. The Kier molecular flexibility index (Phi) is 6.17. The van der Waals surface area contributed by atoms with Crippen LogP contribution in [0.15, 0.2) is 30.3 Å². The van der Waals surface area contributed by atoms with Crippen LogP contribution in [0, 0.1) is 0 Å². The number of benzene rings is 1. The number of rotatable bonds is 6. The maximum Gasteiger partial charge on any atom is 0.223 e. The molecule has 1 aromatic rings. The van der Waals surface area contributed by atoms with Crippen LogP contribution in [0.5, 0.6) is 0 Å². The molecule has 1 aliphatic rings. The third-order valence-corrected chi connectivity index (χ3v) is 3.61. The molecule has 1 amide bonds. The average molecular weight is 292 g/mol. The van der Waals surface area contributed by atoms with Crippen molar-refractivity contribution >= 4 is 5.91 Å². The Bertz CT molecular complexity index is 432. The van der Waals surface area contributed by atoms with E-state index in [2.05, 4.69) is 10.2 Å². The molecule has 2 N–H and O–H groups in total. The summed E-state index contributed by atoms with van der Waals surface area (Å²) in [5, 5.41) is 13.0. The summed E-state index contributed by atoms with van der Waals surface area (Å²) in [7, 11) is 0. The number of carbonyl (C=O) groups excluding carboxylic acids is 1. The lowest BCUT2D eigenvalue weighted by atomic mass is 10.1. The molecule has 0 aliphatic carbocycles. The third kappa shape index (κ3) is 5.46. The second-order valence-corrected chi connectivity index (χ2v) is 5.51. The van der Waals surface area contributed by atoms with Crippen molar-refractivity contribution in [2.45, 2.75) is 25.5 Å². The molecule has 2 unspecified atom stereocenters. The van der Waals surface area contributed by atoms with Crippen molar-refractivity contribution in [1.29, 1.82) is 0 Å². The molecule has 0 spiro atoms. The Labute approximate surface area is 125 Å². The smallest absolute Gasteiger partial charge is 0.223 e. The van der Waals surface area contributed by atoms with Gasteiger partial charge in [0.2, 0.25) is 5.91 Å². The Morgan fingerprint density at radius 3 is 2.67 bits per heavy atom. The van der Waals surface area contributed by atoms with Gasteiger partial charge in [0.15, 0.2) is 0 Å². The van der Waals surface area contributed by atoms with Crippen LogP contribution in [0.3, 0.4) is 0 Å². The largest absolute Gasteiger partial charge is 0.388 e. The van der Waals surface area contributed by atoms with E-state index < -0.39 is 6.10 Å². The number of nitrogens with one attached hydrogen (secondary N) is 1. The van der Waals surface area contributed by atoms with E-state index in [0.717, 1.165) is 38.4 Å². The van der Waals surface area contributed by atoms with Gasteiger partial charge >= 0.3 is 0 Å². The second kappa shape index (κ2) is 8.12. The van der Waals surface area contributed by atoms with E-state index in [9.17, 15) is 9.90 Å². The zero-order valence-electron chi connectivity index (χ0n) is 12.5. The Morgan fingerprint density at radius 1 is 1.33 bits per heavy atom. The molecule has 0 bridgehead atoms. The molecule has 0 radical (unpaired) electrons. The van der Waals surface area contributed by atoms with Gasteiger partial charge in [-0.2, -0.15) is 0 Å². The van der Waals surface area contributed by atoms with Crippen LogP contribution in [0.25, 0.3) is 0 Å². The topological polar surface area (TPSA) is 61.8 Å². The lowest BCUT2D eigenvalue weighted by Crippen LogP contribution is -2.46. The van der Waals surface area contributed by atoms with Crippen LogP contribution in [-0.2, 0) is 9.53 Å². The van der Waals surface area contributed by atoms with Gasteiger partial charge in [0.1, 0.15) is 0 Å². The summed E-state index contributed by atoms with van der Waals surface area (Å²) in [6.07, 6.45) is -0.654. The Hall–Kier alpha value is -1.43. The summed E-state index contributed by atoms with van der Waals surface area (Å²) < 4.78 is 5.30. The van der Waals surface area contributed by atoms with Gasteiger partial charge in [0, 0.05) is 25.7 Å². The van der Waals surface area contributed by atoms with E-state index in [-0.39, 0.29) is 18.4 Å². The predicted octanol–water partition coefficient (Wildman–Crippen LogP) is 0.947. The SMILES string of the molecule is CC(CN1CCOCC1)NC(=O)CC(O)c1ccccc1. The van der Waals surface area contributed by atoms with Gasteiger partial charge in [-0.25, -0.2) is 0 Å². The predicted molar refractivity (Wildman–Crippen MR) is 80.9 cm³/mol. The first-order valence-corrected chi connectivity index (χ1v) is 7.47. The minimum atomic E-state index is -0.748. The van der Waals surface area contributed by atoms with Crippen LogP contribution < -0.4 is 5.32 Å². The molecule has 5 nitrogen and oxygen atoms in total. The van der Waals surface area contributed by atoms with Crippen LogP contribution >= 0.6 is 0 Å². The molecule has 1 heterocycles. The van der Waals surface area contributed by atoms with Crippen molar-refractivity contribution in [2.75, 3.05) is 32.8 Å². The fourth-order valence-corrected chi connectivity index (χ4v) is 2.52. The lowest BCUT2D eigenvalue weighted by molar-refractivity contribution is -0.123. The van der Waals surface area contributed by atoms with Crippen LogP contribution in [-0.4, -0.2) is 54.8 Å². The highest BCUT2D eigenvalue weighted by atomic mass is 16.5. The minimum absolute atomic E-state index is 0.0681. The van der Waals surface area contributed by atoms with Crippen molar-refractivity contribution in [2.24, 2.45) is 0 Å². The van der Waals surface area contributed by atoms with E-state index in [4.69, 9.17) is 4.74 Å². The summed E-state index contributed by atoms with van der Waals surface area (Å²) in [6.45, 7) is 6.14. The average Bonchev–Trinajstić information content (AvgIpc) is 2.48. The van der Waals surface area contributed by atoms with Crippen molar-refractivity contribution < 1.29 is 14.6 Å². The monoisotopic (exact) mass is 292 g/mol. The molecular weight excluding hydrogens is 268 g/mol. The van der Waals surface area contributed by atoms with Gasteiger partial charge < -0.3 is 15.2 Å². The van der Waals surface area contributed by atoms with Crippen molar-refractivity contribution in [3.63, 3.8) is 0 Å². The first-order valence-electron chi connectivity index (χ1n) is 7.47. The zero-order chi connectivity index (χ0) is 15.1. The third-order valence-electron chi connectivity index (χ3n) is 3.61. The number of amides is 1. The van der Waals surface area contributed by atoms with Crippen molar-refractivity contribution in [3.05, 3.63) is 35.9 Å². The maximum absolute atomic E-state index is 12.0. The second-order valence-electron chi connectivity index (χ2n) is 5.51. The van der Waals surface area contributed by atoms with E-state index in [1.165, 1.54) is 0 Å².